The summed E-state index contributed by atoms with van der Waals surface area (Å²) >= 11 is 5.97. The molecule has 2 saturated heterocycles. The van der Waals surface area contributed by atoms with E-state index in [4.69, 9.17) is 21.8 Å². The van der Waals surface area contributed by atoms with Crippen molar-refractivity contribution < 1.29 is 14.0 Å². The van der Waals surface area contributed by atoms with Gasteiger partial charge in [-0.05, 0) is 37.1 Å². The molecule has 4 rings (SSSR count). The van der Waals surface area contributed by atoms with Gasteiger partial charge in [-0.3, -0.25) is 9.59 Å². The molecule has 3 heterocycles. The summed E-state index contributed by atoms with van der Waals surface area (Å²) in [6.45, 7) is 2.29. The maximum Gasteiger partial charge on any atom is 0.289 e. The summed E-state index contributed by atoms with van der Waals surface area (Å²) in [5.74, 6) is -0.254. The van der Waals surface area contributed by atoms with Gasteiger partial charge in [0.2, 0.25) is 5.91 Å². The number of carbonyl (C=O) groups excluding carboxylic acids is 2. The van der Waals surface area contributed by atoms with Crippen LogP contribution in [0, 0.1) is 5.92 Å². The average molecular weight is 362 g/mol. The highest BCUT2D eigenvalue weighted by Crippen LogP contribution is 2.26. The van der Waals surface area contributed by atoms with E-state index in [-0.39, 0.29) is 29.5 Å². The molecule has 0 aliphatic carbocycles. The van der Waals surface area contributed by atoms with E-state index in [1.165, 1.54) is 0 Å². The molecule has 2 N–H and O–H groups in total. The number of hydrogen-bond donors (Lipinski definition) is 1. The van der Waals surface area contributed by atoms with Gasteiger partial charge in [0.25, 0.3) is 5.91 Å². The molecule has 2 aliphatic heterocycles. The normalized spacial score (nSPS) is 23.6. The van der Waals surface area contributed by atoms with Gasteiger partial charge in [0.15, 0.2) is 5.76 Å². The molecule has 0 saturated carbocycles. The van der Waals surface area contributed by atoms with Gasteiger partial charge in [0.05, 0.1) is 5.92 Å². The van der Waals surface area contributed by atoms with Crippen LogP contribution in [0.3, 0.4) is 0 Å². The van der Waals surface area contributed by atoms with Gasteiger partial charge in [-0.15, -0.1) is 0 Å². The van der Waals surface area contributed by atoms with Crippen LogP contribution in [0.4, 0.5) is 0 Å². The summed E-state index contributed by atoms with van der Waals surface area (Å²) in [7, 11) is 0. The van der Waals surface area contributed by atoms with Crippen molar-refractivity contribution >= 4 is 34.4 Å². The van der Waals surface area contributed by atoms with E-state index in [1.807, 2.05) is 4.90 Å². The molecule has 2 fully saturated rings. The monoisotopic (exact) mass is 361 g/mol. The number of fused-ring (bicyclic) bond motifs is 1. The van der Waals surface area contributed by atoms with Crippen molar-refractivity contribution in [3.8, 4) is 0 Å². The number of nitrogens with zero attached hydrogens (tertiary/aromatic N) is 2. The Morgan fingerprint density at radius 1 is 1.12 bits per heavy atom. The molecule has 0 bridgehead atoms. The zero-order valence-corrected chi connectivity index (χ0v) is 14.5. The Morgan fingerprint density at radius 3 is 2.64 bits per heavy atom. The Bertz CT molecular complexity index is 828. The number of nitrogens with two attached hydrogens (primary N) is 1. The van der Waals surface area contributed by atoms with Crippen LogP contribution in [0.2, 0.25) is 5.02 Å². The van der Waals surface area contributed by atoms with Crippen molar-refractivity contribution in [3.05, 3.63) is 35.0 Å². The first-order chi connectivity index (χ1) is 12.0. The number of carbonyl (C=O) groups is 2. The Balaban J connectivity index is 1.51. The zero-order valence-electron chi connectivity index (χ0n) is 13.8. The number of benzene rings is 1. The van der Waals surface area contributed by atoms with Crippen molar-refractivity contribution in [2.24, 2.45) is 11.7 Å². The number of rotatable bonds is 2. The van der Waals surface area contributed by atoms with E-state index in [0.717, 1.165) is 31.3 Å². The summed E-state index contributed by atoms with van der Waals surface area (Å²) in [6, 6.07) is 6.56. The minimum atomic E-state index is -0.337. The van der Waals surface area contributed by atoms with Crippen LogP contribution in [0.15, 0.2) is 28.7 Å². The highest BCUT2D eigenvalue weighted by molar-refractivity contribution is 6.31. The standard InChI is InChI=1S/C18H20ClN3O3/c19-12-3-4-15-11(7-12)8-16(25-15)18(24)22-9-13(14(20)10-22)17(23)21-5-1-2-6-21/h3-4,7-8,13-14H,1-2,5-6,9-10,20H2/t13-,14+/m1/s1. The van der Waals surface area contributed by atoms with Gasteiger partial charge < -0.3 is 20.0 Å². The zero-order chi connectivity index (χ0) is 17.6. The number of likely N-dealkylation sites (tertiary alicyclic amines) is 2. The van der Waals surface area contributed by atoms with Crippen LogP contribution in [-0.4, -0.2) is 53.8 Å². The summed E-state index contributed by atoms with van der Waals surface area (Å²) in [5, 5.41) is 1.37. The first-order valence-electron chi connectivity index (χ1n) is 8.55. The van der Waals surface area contributed by atoms with Crippen LogP contribution in [0.1, 0.15) is 23.4 Å². The summed E-state index contributed by atoms with van der Waals surface area (Å²) in [4.78, 5) is 28.8. The molecule has 132 valence electrons. The van der Waals surface area contributed by atoms with Gasteiger partial charge >= 0.3 is 0 Å². The van der Waals surface area contributed by atoms with Gasteiger partial charge in [-0.25, -0.2) is 0 Å². The minimum absolute atomic E-state index is 0.0664. The predicted octanol–water partition coefficient (Wildman–Crippen LogP) is 2.11. The van der Waals surface area contributed by atoms with E-state index in [2.05, 4.69) is 0 Å². The molecular formula is C18H20ClN3O3. The molecule has 0 radical (unpaired) electrons. The van der Waals surface area contributed by atoms with E-state index in [0.29, 0.717) is 23.7 Å². The summed E-state index contributed by atoms with van der Waals surface area (Å²) < 4.78 is 5.64. The first-order valence-corrected chi connectivity index (χ1v) is 8.93. The third-order valence-electron chi connectivity index (χ3n) is 5.08. The van der Waals surface area contributed by atoms with Gasteiger partial charge in [0, 0.05) is 42.6 Å². The molecule has 7 heteroatoms. The molecule has 1 aromatic heterocycles. The molecule has 0 spiro atoms. The van der Waals surface area contributed by atoms with Crippen LogP contribution in [0.5, 0.6) is 0 Å². The lowest BCUT2D eigenvalue weighted by Crippen LogP contribution is -2.42. The molecule has 0 unspecified atom stereocenters. The third-order valence-corrected chi connectivity index (χ3v) is 5.31. The SMILES string of the molecule is N[C@H]1CN(C(=O)c2cc3cc(Cl)ccc3o2)C[C@H]1C(=O)N1CCCC1. The third kappa shape index (κ3) is 3.00. The number of halogens is 1. The fourth-order valence-corrected chi connectivity index (χ4v) is 3.88. The van der Waals surface area contributed by atoms with Crippen LogP contribution in [-0.2, 0) is 4.79 Å². The number of furan rings is 1. The highest BCUT2D eigenvalue weighted by atomic mass is 35.5. The lowest BCUT2D eigenvalue weighted by atomic mass is 10.0. The molecular weight excluding hydrogens is 342 g/mol. The quantitative estimate of drug-likeness (QED) is 0.888. The highest BCUT2D eigenvalue weighted by Gasteiger charge is 2.40. The fraction of sp³-hybridized carbons (Fsp3) is 0.444. The maximum atomic E-state index is 12.8. The smallest absolute Gasteiger partial charge is 0.289 e. The fourth-order valence-electron chi connectivity index (χ4n) is 3.70. The van der Waals surface area contributed by atoms with Crippen LogP contribution >= 0.6 is 11.6 Å². The Hall–Kier alpha value is -2.05. The lowest BCUT2D eigenvalue weighted by molar-refractivity contribution is -0.134. The van der Waals surface area contributed by atoms with E-state index >= 15 is 0 Å². The first kappa shape index (κ1) is 16.4. The lowest BCUT2D eigenvalue weighted by Gasteiger charge is -2.21. The average Bonchev–Trinajstić information content (AvgIpc) is 3.32. The van der Waals surface area contributed by atoms with Gasteiger partial charge in [0.1, 0.15) is 5.58 Å². The van der Waals surface area contributed by atoms with E-state index in [9.17, 15) is 9.59 Å². The molecule has 1 aromatic carbocycles. The van der Waals surface area contributed by atoms with E-state index < -0.39 is 0 Å². The summed E-state index contributed by atoms with van der Waals surface area (Å²) in [5.41, 5.74) is 6.77. The second kappa shape index (κ2) is 6.35. The molecule has 25 heavy (non-hydrogen) atoms. The van der Waals surface area contributed by atoms with Crippen molar-refractivity contribution in [1.29, 1.82) is 0 Å². The number of hydrogen-bond acceptors (Lipinski definition) is 4. The van der Waals surface area contributed by atoms with Gasteiger partial charge in [-0.2, -0.15) is 0 Å². The predicted molar refractivity (Wildman–Crippen MR) is 94.4 cm³/mol. The van der Waals surface area contributed by atoms with Gasteiger partial charge in [-0.1, -0.05) is 11.6 Å². The van der Waals surface area contributed by atoms with Crippen LogP contribution in [0.25, 0.3) is 11.0 Å². The van der Waals surface area contributed by atoms with Crippen molar-refractivity contribution in [2.75, 3.05) is 26.2 Å². The molecule has 2 amide bonds. The summed E-state index contributed by atoms with van der Waals surface area (Å²) in [6.07, 6.45) is 2.08. The second-order valence-electron chi connectivity index (χ2n) is 6.81. The maximum absolute atomic E-state index is 12.8. The van der Waals surface area contributed by atoms with Crippen molar-refractivity contribution in [1.82, 2.24) is 9.80 Å². The van der Waals surface area contributed by atoms with Crippen molar-refractivity contribution in [3.63, 3.8) is 0 Å². The number of amides is 2. The molecule has 2 aromatic rings. The second-order valence-corrected chi connectivity index (χ2v) is 7.24. The molecule has 2 atom stereocenters. The topological polar surface area (TPSA) is 79.8 Å². The largest absolute Gasteiger partial charge is 0.451 e. The Labute approximate surface area is 150 Å². The van der Waals surface area contributed by atoms with Crippen molar-refractivity contribution in [2.45, 2.75) is 18.9 Å². The van der Waals surface area contributed by atoms with Crippen LogP contribution < -0.4 is 5.73 Å². The molecule has 6 nitrogen and oxygen atoms in total. The Kier molecular flexibility index (Phi) is 4.17. The molecule has 2 aliphatic rings. The Morgan fingerprint density at radius 2 is 1.88 bits per heavy atom. The van der Waals surface area contributed by atoms with E-state index in [1.54, 1.807) is 29.2 Å². The minimum Gasteiger partial charge on any atom is -0.451 e.